The number of amides is 1. The molecule has 0 aliphatic heterocycles. The number of rotatable bonds is 6. The smallest absolute Gasteiger partial charge is 0.410 e. The summed E-state index contributed by atoms with van der Waals surface area (Å²) in [6.07, 6.45) is -1.33. The zero-order valence-electron chi connectivity index (χ0n) is 9.10. The first-order valence-electron chi connectivity index (χ1n) is 4.61. The Labute approximate surface area is 95.8 Å². The predicted octanol–water partition coefficient (Wildman–Crippen LogP) is 0.233. The molecule has 0 rings (SSSR count). The van der Waals surface area contributed by atoms with Gasteiger partial charge in [0.25, 0.3) is 0 Å². The van der Waals surface area contributed by atoms with Crippen LogP contribution in [0.3, 0.4) is 0 Å². The predicted molar refractivity (Wildman–Crippen MR) is 56.0 cm³/mol. The van der Waals surface area contributed by atoms with Gasteiger partial charge in [-0.05, 0) is 6.42 Å². The Bertz CT molecular complexity index is 269. The summed E-state index contributed by atoms with van der Waals surface area (Å²) in [5, 5.41) is 2.34. The summed E-state index contributed by atoms with van der Waals surface area (Å²) in [6, 6.07) is 0. The third kappa shape index (κ3) is 9.41. The van der Waals surface area contributed by atoms with Crippen molar-refractivity contribution in [3.63, 3.8) is 0 Å². The van der Waals surface area contributed by atoms with Crippen LogP contribution in [0.4, 0.5) is 4.79 Å². The minimum absolute atomic E-state index is 0.0831. The number of alkyl carbamates (subject to hydrolysis) is 1. The normalized spacial score (nSPS) is 13.7. The summed E-state index contributed by atoms with van der Waals surface area (Å²) < 4.78 is 27.9. The van der Waals surface area contributed by atoms with Gasteiger partial charge in [0, 0.05) is 20.4 Å². The monoisotopic (exact) mass is 253 g/mol. The van der Waals surface area contributed by atoms with Crippen LogP contribution >= 0.6 is 0 Å². The van der Waals surface area contributed by atoms with Crippen molar-refractivity contribution >= 4 is 23.1 Å². The number of hydrogen-bond acceptors (Lipinski definition) is 5. The molecule has 0 saturated heterocycles. The van der Waals surface area contributed by atoms with Gasteiger partial charge in [-0.15, -0.1) is 0 Å². The lowest BCUT2D eigenvalue weighted by molar-refractivity contribution is -0.162. The molecule has 7 nitrogen and oxygen atoms in total. The topological polar surface area (TPSA) is 102 Å². The van der Waals surface area contributed by atoms with E-state index in [2.05, 4.69) is 14.8 Å². The lowest BCUT2D eigenvalue weighted by atomic mass is 10.5. The van der Waals surface area contributed by atoms with Crippen LogP contribution in [0, 0.1) is 0 Å². The first-order chi connectivity index (χ1) is 7.41. The minimum Gasteiger partial charge on any atom is -0.426 e. The van der Waals surface area contributed by atoms with Crippen LogP contribution in [-0.2, 0) is 25.3 Å². The highest BCUT2D eigenvalue weighted by atomic mass is 32.2. The van der Waals surface area contributed by atoms with E-state index in [1.807, 2.05) is 0 Å². The lowest BCUT2D eigenvalue weighted by Crippen LogP contribution is -2.30. The molecule has 0 heterocycles. The van der Waals surface area contributed by atoms with E-state index in [-0.39, 0.29) is 12.3 Å². The molecular formula is C8H15NO6S. The summed E-state index contributed by atoms with van der Waals surface area (Å²) in [7, 11) is 0. The summed E-state index contributed by atoms with van der Waals surface area (Å²) in [6.45, 7) is 2.83. The molecule has 0 aromatic heterocycles. The number of esters is 1. The standard InChI is InChI=1S/C8H15NO6S/c1-6(10)14-7(2)15-8(11)9-4-3-5-16(12)13/h7H,3-5H2,1-2H3,(H,9,11)(H,12,13). The van der Waals surface area contributed by atoms with Crippen molar-refractivity contribution < 1.29 is 27.8 Å². The molecule has 0 aliphatic carbocycles. The fraction of sp³-hybridized carbons (Fsp3) is 0.750. The quantitative estimate of drug-likeness (QED) is 0.304. The molecule has 2 atom stereocenters. The Balaban J connectivity index is 3.58. The van der Waals surface area contributed by atoms with Gasteiger partial charge in [-0.25, -0.2) is 9.00 Å². The molecule has 2 unspecified atom stereocenters. The summed E-state index contributed by atoms with van der Waals surface area (Å²) in [5.41, 5.74) is 0. The Hall–Kier alpha value is -1.15. The van der Waals surface area contributed by atoms with E-state index in [1.54, 1.807) is 0 Å². The highest BCUT2D eigenvalue weighted by Gasteiger charge is 2.10. The van der Waals surface area contributed by atoms with Crippen molar-refractivity contribution in [2.75, 3.05) is 12.3 Å². The first-order valence-corrected chi connectivity index (χ1v) is 5.88. The molecule has 0 radical (unpaired) electrons. The molecule has 1 amide bonds. The van der Waals surface area contributed by atoms with Crippen molar-refractivity contribution in [2.45, 2.75) is 26.6 Å². The number of ether oxygens (including phenoxy) is 2. The average molecular weight is 253 g/mol. The van der Waals surface area contributed by atoms with Gasteiger partial charge in [0.15, 0.2) is 11.1 Å². The lowest BCUT2D eigenvalue weighted by Gasteiger charge is -2.13. The number of carbonyl (C=O) groups excluding carboxylic acids is 2. The summed E-state index contributed by atoms with van der Waals surface area (Å²) in [5.74, 6) is -0.462. The average Bonchev–Trinajstić information content (AvgIpc) is 2.10. The van der Waals surface area contributed by atoms with Crippen molar-refractivity contribution in [3.05, 3.63) is 0 Å². The van der Waals surface area contributed by atoms with Crippen LogP contribution < -0.4 is 5.32 Å². The summed E-state index contributed by atoms with van der Waals surface area (Å²) in [4.78, 5) is 21.5. The van der Waals surface area contributed by atoms with E-state index in [4.69, 9.17) is 4.55 Å². The molecule has 0 saturated carbocycles. The van der Waals surface area contributed by atoms with Crippen LogP contribution in [0.25, 0.3) is 0 Å². The maximum absolute atomic E-state index is 11.0. The summed E-state index contributed by atoms with van der Waals surface area (Å²) >= 11 is -1.86. The molecule has 0 fully saturated rings. The van der Waals surface area contributed by atoms with Gasteiger partial charge >= 0.3 is 12.1 Å². The molecule has 94 valence electrons. The van der Waals surface area contributed by atoms with Gasteiger partial charge in [0.05, 0.1) is 5.75 Å². The Morgan fingerprint density at radius 3 is 2.56 bits per heavy atom. The molecule has 2 N–H and O–H groups in total. The van der Waals surface area contributed by atoms with Gasteiger partial charge in [0.2, 0.25) is 6.29 Å². The largest absolute Gasteiger partial charge is 0.426 e. The Kier molecular flexibility index (Phi) is 7.48. The fourth-order valence-electron chi connectivity index (χ4n) is 0.836. The Morgan fingerprint density at radius 2 is 2.06 bits per heavy atom. The molecular weight excluding hydrogens is 238 g/mol. The first kappa shape index (κ1) is 14.8. The number of hydrogen-bond donors (Lipinski definition) is 2. The SMILES string of the molecule is CC(=O)OC(C)OC(=O)NCCCS(=O)O. The second kappa shape index (κ2) is 8.05. The van der Waals surface area contributed by atoms with Crippen LogP contribution in [0.2, 0.25) is 0 Å². The van der Waals surface area contributed by atoms with E-state index in [0.29, 0.717) is 6.42 Å². The van der Waals surface area contributed by atoms with Gasteiger partial charge < -0.3 is 19.3 Å². The Morgan fingerprint density at radius 1 is 1.44 bits per heavy atom. The van der Waals surface area contributed by atoms with Gasteiger partial charge in [0.1, 0.15) is 0 Å². The fourth-order valence-corrected chi connectivity index (χ4v) is 1.23. The zero-order chi connectivity index (χ0) is 12.6. The van der Waals surface area contributed by atoms with Crippen LogP contribution in [0.1, 0.15) is 20.3 Å². The maximum Gasteiger partial charge on any atom is 0.410 e. The molecule has 0 spiro atoms. The van der Waals surface area contributed by atoms with Crippen molar-refractivity contribution in [1.29, 1.82) is 0 Å². The third-order valence-electron chi connectivity index (χ3n) is 1.37. The van der Waals surface area contributed by atoms with Crippen molar-refractivity contribution in [1.82, 2.24) is 5.32 Å². The number of carbonyl (C=O) groups is 2. The van der Waals surface area contributed by atoms with E-state index in [0.717, 1.165) is 0 Å². The highest BCUT2D eigenvalue weighted by molar-refractivity contribution is 7.79. The maximum atomic E-state index is 11.0. The molecule has 0 aromatic carbocycles. The van der Waals surface area contributed by atoms with Gasteiger partial charge in [-0.3, -0.25) is 4.79 Å². The van der Waals surface area contributed by atoms with Crippen LogP contribution in [0.5, 0.6) is 0 Å². The zero-order valence-corrected chi connectivity index (χ0v) is 9.91. The molecule has 0 bridgehead atoms. The second-order valence-corrected chi connectivity index (χ2v) is 3.94. The van der Waals surface area contributed by atoms with Crippen LogP contribution in [-0.4, -0.2) is 39.4 Å². The van der Waals surface area contributed by atoms with Crippen molar-refractivity contribution in [2.24, 2.45) is 0 Å². The van der Waals surface area contributed by atoms with E-state index >= 15 is 0 Å². The van der Waals surface area contributed by atoms with Crippen molar-refractivity contribution in [3.8, 4) is 0 Å². The molecule has 8 heteroatoms. The van der Waals surface area contributed by atoms with Crippen LogP contribution in [0.15, 0.2) is 0 Å². The molecule has 0 aliphatic rings. The van der Waals surface area contributed by atoms with E-state index in [1.165, 1.54) is 13.8 Å². The van der Waals surface area contributed by atoms with Gasteiger partial charge in [-0.2, -0.15) is 0 Å². The molecule has 16 heavy (non-hydrogen) atoms. The number of nitrogens with one attached hydrogen (secondary N) is 1. The minimum atomic E-state index is -1.86. The van der Waals surface area contributed by atoms with Gasteiger partial charge in [-0.1, -0.05) is 0 Å². The highest BCUT2D eigenvalue weighted by Crippen LogP contribution is 1.94. The third-order valence-corrected chi connectivity index (χ3v) is 2.01. The second-order valence-electron chi connectivity index (χ2n) is 2.89. The van der Waals surface area contributed by atoms with E-state index in [9.17, 15) is 13.8 Å². The van der Waals surface area contributed by atoms with E-state index < -0.39 is 29.4 Å². The molecule has 0 aromatic rings.